The van der Waals surface area contributed by atoms with Crippen molar-refractivity contribution >= 4 is 11.5 Å². The Morgan fingerprint density at radius 1 is 1.43 bits per heavy atom. The molecular formula is C15H23N3O3. The minimum Gasteiger partial charge on any atom is -0.497 e. The summed E-state index contributed by atoms with van der Waals surface area (Å²) >= 11 is 0. The smallest absolute Gasteiger partial charge is 0.172 e. The molecule has 4 N–H and O–H groups in total. The lowest BCUT2D eigenvalue weighted by molar-refractivity contribution is 0.110. The molecule has 21 heavy (non-hydrogen) atoms. The van der Waals surface area contributed by atoms with E-state index in [4.69, 9.17) is 15.7 Å². The van der Waals surface area contributed by atoms with Crippen LogP contribution >= 0.6 is 0 Å². The summed E-state index contributed by atoms with van der Waals surface area (Å²) in [6.45, 7) is 3.50. The van der Waals surface area contributed by atoms with E-state index in [9.17, 15) is 5.11 Å². The second-order valence-electron chi connectivity index (χ2n) is 5.43. The Morgan fingerprint density at radius 3 is 2.62 bits per heavy atom. The number of ether oxygens (including phenoxy) is 1. The molecule has 6 heteroatoms. The van der Waals surface area contributed by atoms with Crippen molar-refractivity contribution in [3.05, 3.63) is 23.8 Å². The number of anilines is 1. The number of aliphatic hydroxyl groups excluding tert-OH is 1. The first kappa shape index (κ1) is 15.4. The number of amidine groups is 1. The summed E-state index contributed by atoms with van der Waals surface area (Å²) in [6, 6.07) is 5.49. The number of hydrogen-bond donors (Lipinski definition) is 3. The molecule has 1 unspecified atom stereocenters. The molecule has 0 saturated carbocycles. The molecular weight excluding hydrogens is 270 g/mol. The number of nitrogens with two attached hydrogens (primary N) is 1. The summed E-state index contributed by atoms with van der Waals surface area (Å²) in [6.07, 6.45) is 1.57. The topological polar surface area (TPSA) is 91.3 Å². The molecule has 1 aliphatic heterocycles. The summed E-state index contributed by atoms with van der Waals surface area (Å²) in [5.74, 6) is 1.15. The third-order valence-electron chi connectivity index (χ3n) is 4.15. The molecule has 0 radical (unpaired) electrons. The van der Waals surface area contributed by atoms with Crippen molar-refractivity contribution in [3.8, 4) is 5.75 Å². The lowest BCUT2D eigenvalue weighted by Gasteiger charge is -2.35. The number of methoxy groups -OCH3 is 1. The van der Waals surface area contributed by atoms with E-state index in [1.165, 1.54) is 0 Å². The molecule has 0 aromatic heterocycles. The standard InChI is InChI=1S/C15H23N3O3/c1-10(19)11-5-7-18(8-6-11)14-9-12(21-2)3-4-13(14)15(16)17-20/h3-4,9-11,19-20H,5-8H2,1-2H3,(H2,16,17). The predicted octanol–water partition coefficient (Wildman–Crippen LogP) is 1.39. The van der Waals surface area contributed by atoms with Gasteiger partial charge in [0, 0.05) is 24.7 Å². The van der Waals surface area contributed by atoms with E-state index in [2.05, 4.69) is 10.1 Å². The van der Waals surface area contributed by atoms with E-state index in [-0.39, 0.29) is 11.9 Å². The normalized spacial score (nSPS) is 18.6. The number of piperidine rings is 1. The van der Waals surface area contributed by atoms with Crippen molar-refractivity contribution in [2.45, 2.75) is 25.9 Å². The van der Waals surface area contributed by atoms with E-state index in [0.717, 1.165) is 37.4 Å². The fourth-order valence-electron chi connectivity index (χ4n) is 2.79. The Balaban J connectivity index is 2.26. The first-order valence-corrected chi connectivity index (χ1v) is 7.15. The second-order valence-corrected chi connectivity index (χ2v) is 5.43. The molecule has 1 saturated heterocycles. The Kier molecular flexibility index (Phi) is 4.90. The zero-order valence-electron chi connectivity index (χ0n) is 12.5. The second kappa shape index (κ2) is 6.67. The van der Waals surface area contributed by atoms with Gasteiger partial charge in [-0.1, -0.05) is 5.16 Å². The Bertz CT molecular complexity index is 509. The van der Waals surface area contributed by atoms with Crippen LogP contribution in [0.3, 0.4) is 0 Å². The van der Waals surface area contributed by atoms with Gasteiger partial charge in [-0.25, -0.2) is 0 Å². The highest BCUT2D eigenvalue weighted by atomic mass is 16.5. The van der Waals surface area contributed by atoms with Gasteiger partial charge in [-0.05, 0) is 37.8 Å². The van der Waals surface area contributed by atoms with E-state index in [0.29, 0.717) is 11.5 Å². The van der Waals surface area contributed by atoms with Gasteiger partial charge in [-0.15, -0.1) is 0 Å². The Labute approximate surface area is 124 Å². The molecule has 1 fully saturated rings. The monoisotopic (exact) mass is 293 g/mol. The number of benzene rings is 1. The largest absolute Gasteiger partial charge is 0.497 e. The number of hydrogen-bond acceptors (Lipinski definition) is 5. The summed E-state index contributed by atoms with van der Waals surface area (Å²) < 4.78 is 5.26. The van der Waals surface area contributed by atoms with E-state index in [1.54, 1.807) is 19.2 Å². The molecule has 1 aliphatic rings. The Hall–Kier alpha value is -1.95. The van der Waals surface area contributed by atoms with Gasteiger partial charge in [-0.3, -0.25) is 0 Å². The maximum Gasteiger partial charge on any atom is 0.172 e. The molecule has 0 spiro atoms. The van der Waals surface area contributed by atoms with Gasteiger partial charge in [0.15, 0.2) is 5.84 Å². The number of nitrogens with zero attached hydrogens (tertiary/aromatic N) is 2. The summed E-state index contributed by atoms with van der Waals surface area (Å²) in [5, 5.41) is 21.7. The maximum absolute atomic E-state index is 9.69. The van der Waals surface area contributed by atoms with Gasteiger partial charge in [-0.2, -0.15) is 0 Å². The van der Waals surface area contributed by atoms with Crippen LogP contribution in [0, 0.1) is 5.92 Å². The summed E-state index contributed by atoms with van der Waals surface area (Å²) in [5.41, 5.74) is 7.35. The van der Waals surface area contributed by atoms with Gasteiger partial charge in [0.05, 0.1) is 18.9 Å². The third-order valence-corrected chi connectivity index (χ3v) is 4.15. The van der Waals surface area contributed by atoms with Crippen molar-refractivity contribution in [3.63, 3.8) is 0 Å². The van der Waals surface area contributed by atoms with Crippen LogP contribution in [-0.4, -0.2) is 42.5 Å². The average molecular weight is 293 g/mol. The minimum atomic E-state index is -0.277. The fourth-order valence-corrected chi connectivity index (χ4v) is 2.79. The summed E-state index contributed by atoms with van der Waals surface area (Å²) in [7, 11) is 1.61. The van der Waals surface area contributed by atoms with E-state index >= 15 is 0 Å². The Morgan fingerprint density at radius 2 is 2.10 bits per heavy atom. The quantitative estimate of drug-likeness (QED) is 0.338. The summed E-state index contributed by atoms with van der Waals surface area (Å²) in [4.78, 5) is 2.19. The fraction of sp³-hybridized carbons (Fsp3) is 0.533. The van der Waals surface area contributed by atoms with Gasteiger partial charge in [0.2, 0.25) is 0 Å². The van der Waals surface area contributed by atoms with Gasteiger partial charge in [0.1, 0.15) is 5.75 Å². The lowest BCUT2D eigenvalue weighted by atomic mass is 9.91. The van der Waals surface area contributed by atoms with Crippen molar-refractivity contribution < 1.29 is 15.1 Å². The molecule has 1 aromatic rings. The van der Waals surface area contributed by atoms with Crippen molar-refractivity contribution in [1.29, 1.82) is 0 Å². The average Bonchev–Trinajstić information content (AvgIpc) is 2.53. The van der Waals surface area contributed by atoms with Crippen LogP contribution < -0.4 is 15.4 Å². The molecule has 6 nitrogen and oxygen atoms in total. The van der Waals surface area contributed by atoms with Crippen molar-refractivity contribution in [2.75, 3.05) is 25.1 Å². The molecule has 1 aromatic carbocycles. The highest BCUT2D eigenvalue weighted by Gasteiger charge is 2.24. The van der Waals surface area contributed by atoms with Gasteiger partial charge in [0.25, 0.3) is 0 Å². The van der Waals surface area contributed by atoms with Crippen LogP contribution in [0.4, 0.5) is 5.69 Å². The van der Waals surface area contributed by atoms with Crippen LogP contribution in [0.25, 0.3) is 0 Å². The molecule has 116 valence electrons. The third kappa shape index (κ3) is 3.39. The lowest BCUT2D eigenvalue weighted by Crippen LogP contribution is -2.38. The molecule has 0 amide bonds. The number of aliphatic hydroxyl groups is 1. The highest BCUT2D eigenvalue weighted by Crippen LogP contribution is 2.30. The molecule has 0 bridgehead atoms. The first-order valence-electron chi connectivity index (χ1n) is 7.15. The first-order chi connectivity index (χ1) is 10.1. The van der Waals surface area contributed by atoms with E-state index < -0.39 is 0 Å². The van der Waals surface area contributed by atoms with Crippen molar-refractivity contribution in [2.24, 2.45) is 16.8 Å². The zero-order valence-corrected chi connectivity index (χ0v) is 12.5. The van der Waals surface area contributed by atoms with Gasteiger partial charge >= 0.3 is 0 Å². The minimum absolute atomic E-state index is 0.0882. The van der Waals surface area contributed by atoms with Gasteiger partial charge < -0.3 is 25.7 Å². The van der Waals surface area contributed by atoms with Crippen LogP contribution in [0.15, 0.2) is 23.4 Å². The van der Waals surface area contributed by atoms with Crippen LogP contribution in [-0.2, 0) is 0 Å². The number of rotatable bonds is 4. The molecule has 1 atom stereocenters. The van der Waals surface area contributed by atoms with Crippen LogP contribution in [0.1, 0.15) is 25.3 Å². The predicted molar refractivity (Wildman–Crippen MR) is 82.1 cm³/mol. The molecule has 1 heterocycles. The molecule has 0 aliphatic carbocycles. The van der Waals surface area contributed by atoms with Crippen LogP contribution in [0.5, 0.6) is 5.75 Å². The SMILES string of the molecule is COc1ccc(/C(N)=N/O)c(N2CCC(C(C)O)CC2)c1. The maximum atomic E-state index is 9.69. The number of oxime groups is 1. The highest BCUT2D eigenvalue weighted by molar-refractivity contribution is 6.02. The van der Waals surface area contributed by atoms with Crippen molar-refractivity contribution in [1.82, 2.24) is 0 Å². The van der Waals surface area contributed by atoms with Crippen LogP contribution in [0.2, 0.25) is 0 Å². The van der Waals surface area contributed by atoms with E-state index in [1.807, 2.05) is 13.0 Å². The zero-order chi connectivity index (χ0) is 15.4. The molecule has 2 rings (SSSR count).